The van der Waals surface area contributed by atoms with Crippen molar-refractivity contribution >= 4 is 16.8 Å². The minimum absolute atomic E-state index is 0.0189. The fraction of sp³-hybridized carbons (Fsp3) is 0.464. The normalized spacial score (nSPS) is 19.8. The largest absolute Gasteiger partial charge is 0.497 e. The number of ether oxygens (including phenoxy) is 2. The molecule has 0 radical (unpaired) electrons. The number of fused-ring (bicyclic) bond motifs is 1. The maximum atomic E-state index is 13.5. The lowest BCUT2D eigenvalue weighted by atomic mass is 9.98. The highest BCUT2D eigenvalue weighted by Crippen LogP contribution is 2.32. The molecule has 5 heteroatoms. The Balaban J connectivity index is 1.50. The summed E-state index contributed by atoms with van der Waals surface area (Å²) in [4.78, 5) is 15.9. The molecule has 33 heavy (non-hydrogen) atoms. The minimum Gasteiger partial charge on any atom is -0.497 e. The minimum atomic E-state index is -0.0189. The SMILES string of the molecule is COc1ccc(C(=O)n2cc(C[C@H]3CCCN3C)c3cc(OC4CCCCC4)ccc32)cc1. The molecule has 0 unspecified atom stereocenters. The molecule has 1 aliphatic carbocycles. The van der Waals surface area contributed by atoms with Crippen molar-refractivity contribution < 1.29 is 14.3 Å². The van der Waals surface area contributed by atoms with Crippen LogP contribution in [0.4, 0.5) is 0 Å². The van der Waals surface area contributed by atoms with Gasteiger partial charge in [0.1, 0.15) is 11.5 Å². The molecule has 2 aliphatic rings. The van der Waals surface area contributed by atoms with E-state index in [0.29, 0.717) is 17.7 Å². The maximum Gasteiger partial charge on any atom is 0.262 e. The third-order valence-electron chi connectivity index (χ3n) is 7.40. The van der Waals surface area contributed by atoms with Crippen LogP contribution in [0, 0.1) is 0 Å². The van der Waals surface area contributed by atoms with Crippen molar-refractivity contribution in [2.75, 3.05) is 20.7 Å². The van der Waals surface area contributed by atoms with Crippen LogP contribution in [0.1, 0.15) is 60.9 Å². The van der Waals surface area contributed by atoms with Crippen LogP contribution in [0.25, 0.3) is 10.9 Å². The molecular formula is C28H34N2O3. The highest BCUT2D eigenvalue weighted by Gasteiger charge is 2.24. The van der Waals surface area contributed by atoms with E-state index in [0.717, 1.165) is 48.2 Å². The second kappa shape index (κ2) is 9.60. The van der Waals surface area contributed by atoms with E-state index in [1.807, 2.05) is 41.1 Å². The lowest BCUT2D eigenvalue weighted by Crippen LogP contribution is -2.26. The van der Waals surface area contributed by atoms with Crippen LogP contribution in [0.15, 0.2) is 48.7 Å². The van der Waals surface area contributed by atoms with Gasteiger partial charge in [0.2, 0.25) is 0 Å². The Labute approximate surface area is 196 Å². The summed E-state index contributed by atoms with van der Waals surface area (Å²) in [6.07, 6.45) is 11.8. The Morgan fingerprint density at radius 2 is 1.73 bits per heavy atom. The molecule has 2 fully saturated rings. The van der Waals surface area contributed by atoms with Crippen LogP contribution in [-0.4, -0.2) is 48.2 Å². The van der Waals surface area contributed by atoms with Gasteiger partial charge in [-0.25, -0.2) is 0 Å². The lowest BCUT2D eigenvalue weighted by molar-refractivity contribution is 0.0964. The third-order valence-corrected chi connectivity index (χ3v) is 7.40. The van der Waals surface area contributed by atoms with Gasteiger partial charge in [-0.1, -0.05) is 6.42 Å². The summed E-state index contributed by atoms with van der Waals surface area (Å²) in [6.45, 7) is 1.14. The fourth-order valence-electron chi connectivity index (χ4n) is 5.42. The maximum absolute atomic E-state index is 13.5. The first-order valence-corrected chi connectivity index (χ1v) is 12.3. The summed E-state index contributed by atoms with van der Waals surface area (Å²) in [5, 5.41) is 1.13. The average molecular weight is 447 g/mol. The Kier molecular flexibility index (Phi) is 6.41. The number of rotatable bonds is 6. The number of hydrogen-bond acceptors (Lipinski definition) is 4. The molecule has 5 rings (SSSR count). The molecule has 1 saturated heterocycles. The smallest absolute Gasteiger partial charge is 0.262 e. The van der Waals surface area contributed by atoms with Gasteiger partial charge in [0.25, 0.3) is 5.91 Å². The van der Waals surface area contributed by atoms with Gasteiger partial charge in [-0.15, -0.1) is 0 Å². The molecule has 2 heterocycles. The molecule has 0 N–H and O–H groups in total. The number of likely N-dealkylation sites (tertiary alicyclic amines) is 1. The quantitative estimate of drug-likeness (QED) is 0.488. The summed E-state index contributed by atoms with van der Waals surface area (Å²) < 4.78 is 13.4. The van der Waals surface area contributed by atoms with Crippen molar-refractivity contribution in [1.82, 2.24) is 9.47 Å². The molecule has 1 aromatic heterocycles. The van der Waals surface area contributed by atoms with E-state index in [-0.39, 0.29) is 5.91 Å². The van der Waals surface area contributed by atoms with Crippen LogP contribution in [0.2, 0.25) is 0 Å². The highest BCUT2D eigenvalue weighted by molar-refractivity contribution is 6.03. The Hall–Kier alpha value is -2.79. The van der Waals surface area contributed by atoms with Crippen LogP contribution in [0.5, 0.6) is 11.5 Å². The van der Waals surface area contributed by atoms with E-state index in [2.05, 4.69) is 24.1 Å². The molecule has 174 valence electrons. The number of hydrogen-bond donors (Lipinski definition) is 0. The number of carbonyl (C=O) groups is 1. The highest BCUT2D eigenvalue weighted by atomic mass is 16.5. The molecule has 1 saturated carbocycles. The summed E-state index contributed by atoms with van der Waals surface area (Å²) >= 11 is 0. The van der Waals surface area contributed by atoms with Gasteiger partial charge >= 0.3 is 0 Å². The summed E-state index contributed by atoms with van der Waals surface area (Å²) in [6, 6.07) is 14.1. The molecule has 3 aromatic rings. The average Bonchev–Trinajstić information content (AvgIpc) is 3.42. The topological polar surface area (TPSA) is 43.7 Å². The van der Waals surface area contributed by atoms with E-state index in [9.17, 15) is 4.79 Å². The second-order valence-corrected chi connectivity index (χ2v) is 9.60. The predicted molar refractivity (Wildman–Crippen MR) is 132 cm³/mol. The number of benzene rings is 2. The van der Waals surface area contributed by atoms with Crippen molar-refractivity contribution in [3.63, 3.8) is 0 Å². The first-order chi connectivity index (χ1) is 16.1. The molecule has 2 aromatic carbocycles. The molecule has 0 amide bonds. The molecule has 0 spiro atoms. The molecule has 1 atom stereocenters. The van der Waals surface area contributed by atoms with Crippen LogP contribution >= 0.6 is 0 Å². The zero-order valence-electron chi connectivity index (χ0n) is 19.8. The van der Waals surface area contributed by atoms with Crippen LogP contribution in [-0.2, 0) is 6.42 Å². The molecule has 5 nitrogen and oxygen atoms in total. The second-order valence-electron chi connectivity index (χ2n) is 9.60. The van der Waals surface area contributed by atoms with Crippen molar-refractivity contribution in [3.05, 3.63) is 59.8 Å². The van der Waals surface area contributed by atoms with E-state index < -0.39 is 0 Å². The van der Waals surface area contributed by atoms with Crippen molar-refractivity contribution in [2.24, 2.45) is 0 Å². The zero-order chi connectivity index (χ0) is 22.8. The standard InChI is InChI=1S/C28H34N2O3/c1-29-16-6-7-22(29)17-21-19-30(28(31)20-10-12-23(32-2)13-11-20)27-15-14-25(18-26(21)27)33-24-8-4-3-5-9-24/h10-15,18-19,22,24H,3-9,16-17H2,1-2H3/t22-/m1/s1. The number of carbonyl (C=O) groups excluding carboxylic acids is 1. The molecular weight excluding hydrogens is 412 g/mol. The van der Waals surface area contributed by atoms with Crippen molar-refractivity contribution in [2.45, 2.75) is 63.5 Å². The first kappa shape index (κ1) is 22.0. The summed E-state index contributed by atoms with van der Waals surface area (Å²) in [7, 11) is 3.84. The summed E-state index contributed by atoms with van der Waals surface area (Å²) in [5.41, 5.74) is 2.82. The predicted octanol–water partition coefficient (Wildman–Crippen LogP) is 5.69. The molecule has 0 bridgehead atoms. The third kappa shape index (κ3) is 4.65. The van der Waals surface area contributed by atoms with Crippen molar-refractivity contribution in [1.29, 1.82) is 0 Å². The van der Waals surface area contributed by atoms with E-state index >= 15 is 0 Å². The van der Waals surface area contributed by atoms with Crippen LogP contribution < -0.4 is 9.47 Å². The zero-order valence-corrected chi connectivity index (χ0v) is 19.8. The number of nitrogens with zero attached hydrogens (tertiary/aromatic N) is 2. The number of aromatic nitrogens is 1. The van der Waals surface area contributed by atoms with Gasteiger partial charge in [-0.05, 0) is 107 Å². The number of methoxy groups -OCH3 is 1. The summed E-state index contributed by atoms with van der Waals surface area (Å²) in [5.74, 6) is 1.65. The van der Waals surface area contributed by atoms with Gasteiger partial charge in [0, 0.05) is 23.2 Å². The Morgan fingerprint density at radius 3 is 2.42 bits per heavy atom. The van der Waals surface area contributed by atoms with Gasteiger partial charge in [-0.3, -0.25) is 9.36 Å². The van der Waals surface area contributed by atoms with Gasteiger partial charge < -0.3 is 14.4 Å². The molecule has 1 aliphatic heterocycles. The fourth-order valence-corrected chi connectivity index (χ4v) is 5.42. The number of likely N-dealkylation sites (N-methyl/N-ethyl adjacent to an activating group) is 1. The first-order valence-electron chi connectivity index (χ1n) is 12.3. The van der Waals surface area contributed by atoms with Gasteiger partial charge in [-0.2, -0.15) is 0 Å². The van der Waals surface area contributed by atoms with Gasteiger partial charge in [0.05, 0.1) is 18.7 Å². The monoisotopic (exact) mass is 446 g/mol. The van der Waals surface area contributed by atoms with Crippen molar-refractivity contribution in [3.8, 4) is 11.5 Å². The lowest BCUT2D eigenvalue weighted by Gasteiger charge is -2.23. The van der Waals surface area contributed by atoms with E-state index in [1.54, 1.807) is 7.11 Å². The van der Waals surface area contributed by atoms with E-state index in [1.165, 1.54) is 37.7 Å². The Morgan fingerprint density at radius 1 is 0.970 bits per heavy atom. The van der Waals surface area contributed by atoms with Gasteiger partial charge in [0.15, 0.2) is 0 Å². The van der Waals surface area contributed by atoms with E-state index in [4.69, 9.17) is 9.47 Å². The Bertz CT molecular complexity index is 1110. The van der Waals surface area contributed by atoms with Crippen LogP contribution in [0.3, 0.4) is 0 Å².